The zero-order valence-electron chi connectivity index (χ0n) is 7.25. The smallest absolute Gasteiger partial charge is 0.0261 e. The molecule has 2 unspecified atom stereocenters. The number of fused-ring (bicyclic) bond motifs is 1. The van der Waals surface area contributed by atoms with Crippen molar-refractivity contribution in [2.24, 2.45) is 5.92 Å². The minimum absolute atomic E-state index is 0.742. The summed E-state index contributed by atoms with van der Waals surface area (Å²) in [7, 11) is 2.20. The summed E-state index contributed by atoms with van der Waals surface area (Å²) in [5.41, 5.74) is 1.54. The highest BCUT2D eigenvalue weighted by Gasteiger charge is 2.30. The Labute approximate surface area is 68.4 Å². The highest BCUT2D eigenvalue weighted by atomic mass is 15.2. The van der Waals surface area contributed by atoms with Crippen LogP contribution in [0.3, 0.4) is 0 Å². The van der Waals surface area contributed by atoms with E-state index in [4.69, 9.17) is 0 Å². The maximum absolute atomic E-state index is 2.41. The zero-order valence-corrected chi connectivity index (χ0v) is 7.25. The Bertz CT molecular complexity index is 211. The minimum atomic E-state index is 0.742. The van der Waals surface area contributed by atoms with E-state index in [1.54, 1.807) is 5.70 Å². The van der Waals surface area contributed by atoms with Gasteiger partial charge in [-0.15, -0.1) is 0 Å². The molecule has 2 rings (SSSR count). The second-order valence-corrected chi connectivity index (χ2v) is 3.65. The molecule has 0 aromatic rings. The van der Waals surface area contributed by atoms with Crippen LogP contribution in [0.15, 0.2) is 23.9 Å². The predicted octanol–water partition coefficient (Wildman–Crippen LogP) is 2.17. The molecule has 2 atom stereocenters. The Morgan fingerprint density at radius 1 is 1.55 bits per heavy atom. The first kappa shape index (κ1) is 6.96. The number of hydrogen-bond donors (Lipinski definition) is 0. The van der Waals surface area contributed by atoms with Crippen molar-refractivity contribution in [3.05, 3.63) is 23.9 Å². The predicted molar refractivity (Wildman–Crippen MR) is 47.2 cm³/mol. The van der Waals surface area contributed by atoms with Gasteiger partial charge < -0.3 is 4.90 Å². The van der Waals surface area contributed by atoms with E-state index in [9.17, 15) is 0 Å². The lowest BCUT2D eigenvalue weighted by molar-refractivity contribution is 0.376. The fourth-order valence-electron chi connectivity index (χ4n) is 2.11. The van der Waals surface area contributed by atoms with E-state index in [0.717, 1.165) is 12.0 Å². The molecule has 0 bridgehead atoms. The third-order valence-corrected chi connectivity index (χ3v) is 2.94. The molecule has 1 heteroatoms. The van der Waals surface area contributed by atoms with Crippen molar-refractivity contribution in [3.63, 3.8) is 0 Å². The van der Waals surface area contributed by atoms with Crippen LogP contribution in [0, 0.1) is 5.92 Å². The van der Waals surface area contributed by atoms with Gasteiger partial charge in [0.05, 0.1) is 0 Å². The summed E-state index contributed by atoms with van der Waals surface area (Å²) >= 11 is 0. The largest absolute Gasteiger partial charge is 0.375 e. The molecule has 1 aliphatic carbocycles. The van der Waals surface area contributed by atoms with Crippen molar-refractivity contribution in [3.8, 4) is 0 Å². The van der Waals surface area contributed by atoms with Crippen LogP contribution in [-0.2, 0) is 0 Å². The van der Waals surface area contributed by atoms with Crippen LogP contribution in [0.25, 0.3) is 0 Å². The van der Waals surface area contributed by atoms with Gasteiger partial charge >= 0.3 is 0 Å². The summed E-state index contributed by atoms with van der Waals surface area (Å²) in [6, 6.07) is 0.742. The lowest BCUT2D eigenvalue weighted by Gasteiger charge is -2.21. The summed E-state index contributed by atoms with van der Waals surface area (Å²) in [4.78, 5) is 2.41. The molecule has 60 valence electrons. The molecule has 0 amide bonds. The molecular weight excluding hydrogens is 134 g/mol. The Morgan fingerprint density at radius 2 is 2.36 bits per heavy atom. The Balaban J connectivity index is 2.25. The first-order chi connectivity index (χ1) is 5.29. The summed E-state index contributed by atoms with van der Waals surface area (Å²) < 4.78 is 0. The van der Waals surface area contributed by atoms with Crippen molar-refractivity contribution in [1.29, 1.82) is 0 Å². The molecular formula is C10H15N. The Morgan fingerprint density at radius 3 is 3.09 bits per heavy atom. The van der Waals surface area contributed by atoms with E-state index in [2.05, 4.69) is 37.1 Å². The van der Waals surface area contributed by atoms with Crippen LogP contribution >= 0.6 is 0 Å². The van der Waals surface area contributed by atoms with Gasteiger partial charge in [-0.2, -0.15) is 0 Å². The first-order valence-corrected chi connectivity index (χ1v) is 4.38. The highest BCUT2D eigenvalue weighted by molar-refractivity contribution is 5.23. The molecule has 1 nitrogen and oxygen atoms in total. The molecule has 1 aliphatic heterocycles. The van der Waals surface area contributed by atoms with Crippen molar-refractivity contribution >= 4 is 0 Å². The highest BCUT2D eigenvalue weighted by Crippen LogP contribution is 2.35. The van der Waals surface area contributed by atoms with Crippen LogP contribution < -0.4 is 0 Å². The second-order valence-electron chi connectivity index (χ2n) is 3.65. The molecule has 2 aliphatic rings. The lowest BCUT2D eigenvalue weighted by atomic mass is 9.96. The van der Waals surface area contributed by atoms with E-state index in [-0.39, 0.29) is 0 Å². The van der Waals surface area contributed by atoms with Gasteiger partial charge in [-0.1, -0.05) is 12.2 Å². The summed E-state index contributed by atoms with van der Waals surface area (Å²) in [6.45, 7) is 2.30. The summed E-state index contributed by atoms with van der Waals surface area (Å²) in [5, 5.41) is 0. The summed E-state index contributed by atoms with van der Waals surface area (Å²) in [5.74, 6) is 0.819. The fraction of sp³-hybridized carbons (Fsp3) is 0.600. The SMILES string of the molecule is CC1CC2CC=CC=C2N1C. The third kappa shape index (κ3) is 0.991. The number of rotatable bonds is 0. The van der Waals surface area contributed by atoms with E-state index in [0.29, 0.717) is 0 Å². The van der Waals surface area contributed by atoms with Crippen molar-refractivity contribution in [2.45, 2.75) is 25.8 Å². The van der Waals surface area contributed by atoms with Gasteiger partial charge in [0.1, 0.15) is 0 Å². The number of hydrogen-bond acceptors (Lipinski definition) is 1. The lowest BCUT2D eigenvalue weighted by Crippen LogP contribution is -2.20. The maximum Gasteiger partial charge on any atom is 0.0261 e. The molecule has 0 spiro atoms. The Hall–Kier alpha value is -0.720. The van der Waals surface area contributed by atoms with E-state index in [1.165, 1.54) is 12.8 Å². The molecule has 1 fully saturated rings. The molecule has 1 saturated heterocycles. The maximum atomic E-state index is 2.41. The quantitative estimate of drug-likeness (QED) is 0.510. The number of likely N-dealkylation sites (tertiary alicyclic amines) is 1. The van der Waals surface area contributed by atoms with Crippen LogP contribution in [0.1, 0.15) is 19.8 Å². The molecule has 0 radical (unpaired) electrons. The molecule has 1 heterocycles. The standard InChI is InChI=1S/C10H15N/c1-8-7-9-5-3-4-6-10(9)11(8)2/h3-4,6,8-9H,5,7H2,1-2H3. The van der Waals surface area contributed by atoms with Crippen LogP contribution in [0.5, 0.6) is 0 Å². The van der Waals surface area contributed by atoms with Gasteiger partial charge in [-0.05, 0) is 25.8 Å². The topological polar surface area (TPSA) is 3.24 Å². The third-order valence-electron chi connectivity index (χ3n) is 2.94. The number of nitrogens with zero attached hydrogens (tertiary/aromatic N) is 1. The van der Waals surface area contributed by atoms with Gasteiger partial charge in [-0.25, -0.2) is 0 Å². The normalized spacial score (nSPS) is 35.5. The van der Waals surface area contributed by atoms with Crippen molar-refractivity contribution < 1.29 is 0 Å². The van der Waals surface area contributed by atoms with Crippen LogP contribution in [0.4, 0.5) is 0 Å². The number of allylic oxidation sites excluding steroid dienone is 4. The first-order valence-electron chi connectivity index (χ1n) is 4.38. The van der Waals surface area contributed by atoms with Gasteiger partial charge in [0, 0.05) is 24.7 Å². The monoisotopic (exact) mass is 149 g/mol. The molecule has 11 heavy (non-hydrogen) atoms. The van der Waals surface area contributed by atoms with Crippen LogP contribution in [0.2, 0.25) is 0 Å². The van der Waals surface area contributed by atoms with Crippen molar-refractivity contribution in [2.75, 3.05) is 7.05 Å². The molecule has 0 aromatic carbocycles. The van der Waals surface area contributed by atoms with Crippen molar-refractivity contribution in [1.82, 2.24) is 4.90 Å². The van der Waals surface area contributed by atoms with Gasteiger partial charge in [0.15, 0.2) is 0 Å². The van der Waals surface area contributed by atoms with Gasteiger partial charge in [0.25, 0.3) is 0 Å². The van der Waals surface area contributed by atoms with Crippen LogP contribution in [-0.4, -0.2) is 18.0 Å². The van der Waals surface area contributed by atoms with Gasteiger partial charge in [-0.3, -0.25) is 0 Å². The summed E-state index contributed by atoms with van der Waals surface area (Å²) in [6.07, 6.45) is 9.31. The molecule has 0 N–H and O–H groups in total. The fourth-order valence-corrected chi connectivity index (χ4v) is 2.11. The second kappa shape index (κ2) is 2.40. The van der Waals surface area contributed by atoms with E-state index >= 15 is 0 Å². The zero-order chi connectivity index (χ0) is 7.84. The average Bonchev–Trinajstić information content (AvgIpc) is 2.30. The van der Waals surface area contributed by atoms with E-state index in [1.807, 2.05) is 0 Å². The van der Waals surface area contributed by atoms with E-state index < -0.39 is 0 Å². The average molecular weight is 149 g/mol. The minimum Gasteiger partial charge on any atom is -0.375 e. The van der Waals surface area contributed by atoms with Gasteiger partial charge in [0.2, 0.25) is 0 Å². The molecule has 0 saturated carbocycles. The molecule has 0 aromatic heterocycles. The Kier molecular flexibility index (Phi) is 1.52.